The summed E-state index contributed by atoms with van der Waals surface area (Å²) in [5.74, 6) is 0.866. The van der Waals surface area contributed by atoms with Gasteiger partial charge in [-0.1, -0.05) is 45.2 Å². The minimum atomic E-state index is 0.655. The van der Waals surface area contributed by atoms with Gasteiger partial charge in [-0.2, -0.15) is 0 Å². The van der Waals surface area contributed by atoms with Gasteiger partial charge >= 0.3 is 0 Å². The highest BCUT2D eigenvalue weighted by atomic mass is 79.9. The molecular weight excluding hydrogens is 478 g/mol. The third kappa shape index (κ3) is 3.39. The van der Waals surface area contributed by atoms with E-state index in [1.807, 2.05) is 40.9 Å². The van der Waals surface area contributed by atoms with Gasteiger partial charge in [0, 0.05) is 26.4 Å². The summed E-state index contributed by atoms with van der Waals surface area (Å²) in [5, 5.41) is 4.16. The van der Waals surface area contributed by atoms with Crippen molar-refractivity contribution < 1.29 is 0 Å². The van der Waals surface area contributed by atoms with Crippen molar-refractivity contribution in [1.29, 1.82) is 0 Å². The van der Waals surface area contributed by atoms with Gasteiger partial charge in [-0.05, 0) is 65.3 Å². The van der Waals surface area contributed by atoms with E-state index < -0.39 is 0 Å². The molecule has 0 saturated carbocycles. The lowest BCUT2D eigenvalue weighted by atomic mass is 10.1. The molecule has 0 aliphatic rings. The molecule has 3 nitrogen and oxygen atoms in total. The van der Waals surface area contributed by atoms with Gasteiger partial charge in [0.1, 0.15) is 17.2 Å². The largest absolute Gasteiger partial charge is 0.339 e. The van der Waals surface area contributed by atoms with Gasteiger partial charge in [0.05, 0.1) is 5.02 Å². The Labute approximate surface area is 173 Å². The maximum Gasteiger partial charge on any atom is 0.143 e. The highest BCUT2D eigenvalue weighted by Gasteiger charge is 2.17. The molecule has 0 atom stereocenters. The topological polar surface area (TPSA) is 29.3 Å². The SMILES string of the molecule is Cc1ccc(Nc2c(-c3cc(Br)ccc3Cl)nc3ccc(Br)cn23)cc1. The number of nitrogens with zero attached hydrogens (tertiary/aromatic N) is 2. The fourth-order valence-corrected chi connectivity index (χ4v) is 3.68. The zero-order valence-corrected chi connectivity index (χ0v) is 17.7. The molecule has 4 rings (SSSR count). The first kappa shape index (κ1) is 17.6. The first-order chi connectivity index (χ1) is 12.5. The number of fused-ring (bicyclic) bond motifs is 1. The number of benzene rings is 2. The quantitative estimate of drug-likeness (QED) is 0.328. The average molecular weight is 492 g/mol. The van der Waals surface area contributed by atoms with Gasteiger partial charge in [0.15, 0.2) is 0 Å². The molecule has 0 aliphatic carbocycles. The lowest BCUT2D eigenvalue weighted by Crippen LogP contribution is -1.97. The van der Waals surface area contributed by atoms with E-state index in [0.717, 1.165) is 37.4 Å². The number of halogens is 3. The molecule has 0 fully saturated rings. The van der Waals surface area contributed by atoms with Gasteiger partial charge in [-0.15, -0.1) is 0 Å². The van der Waals surface area contributed by atoms with E-state index in [4.69, 9.17) is 16.6 Å². The summed E-state index contributed by atoms with van der Waals surface area (Å²) < 4.78 is 3.95. The molecule has 0 radical (unpaired) electrons. The number of rotatable bonds is 3. The van der Waals surface area contributed by atoms with Crippen LogP contribution in [0.5, 0.6) is 0 Å². The fraction of sp³-hybridized carbons (Fsp3) is 0.0500. The third-order valence-electron chi connectivity index (χ3n) is 4.08. The monoisotopic (exact) mass is 489 g/mol. The molecule has 0 saturated heterocycles. The van der Waals surface area contributed by atoms with Crippen LogP contribution in [0.15, 0.2) is 69.7 Å². The van der Waals surface area contributed by atoms with E-state index in [1.165, 1.54) is 5.56 Å². The van der Waals surface area contributed by atoms with Crippen molar-refractivity contribution in [2.45, 2.75) is 6.92 Å². The van der Waals surface area contributed by atoms with Crippen LogP contribution in [-0.4, -0.2) is 9.38 Å². The lowest BCUT2D eigenvalue weighted by molar-refractivity contribution is 1.17. The molecule has 2 heterocycles. The van der Waals surface area contributed by atoms with Crippen LogP contribution in [0.25, 0.3) is 16.9 Å². The van der Waals surface area contributed by atoms with Crippen LogP contribution in [0.2, 0.25) is 5.02 Å². The highest BCUT2D eigenvalue weighted by Crippen LogP contribution is 2.37. The first-order valence-electron chi connectivity index (χ1n) is 7.98. The summed E-state index contributed by atoms with van der Waals surface area (Å²) in [4.78, 5) is 4.81. The minimum Gasteiger partial charge on any atom is -0.339 e. The summed E-state index contributed by atoms with van der Waals surface area (Å²) in [6.45, 7) is 2.07. The van der Waals surface area contributed by atoms with Crippen molar-refractivity contribution in [2.24, 2.45) is 0 Å². The molecule has 2 aromatic heterocycles. The van der Waals surface area contributed by atoms with E-state index in [0.29, 0.717) is 5.02 Å². The van der Waals surface area contributed by atoms with E-state index in [2.05, 4.69) is 68.4 Å². The van der Waals surface area contributed by atoms with Gasteiger partial charge in [0.2, 0.25) is 0 Å². The van der Waals surface area contributed by atoms with Crippen molar-refractivity contribution in [3.63, 3.8) is 0 Å². The Kier molecular flexibility index (Phi) is 4.78. The van der Waals surface area contributed by atoms with Crippen molar-refractivity contribution >= 4 is 60.6 Å². The van der Waals surface area contributed by atoms with Crippen molar-refractivity contribution in [1.82, 2.24) is 9.38 Å². The minimum absolute atomic E-state index is 0.655. The van der Waals surface area contributed by atoms with Crippen LogP contribution in [0.3, 0.4) is 0 Å². The molecule has 2 aromatic carbocycles. The number of hydrogen-bond donors (Lipinski definition) is 1. The highest BCUT2D eigenvalue weighted by molar-refractivity contribution is 9.10. The normalized spacial score (nSPS) is 11.1. The molecule has 6 heteroatoms. The number of aromatic nitrogens is 2. The number of hydrogen-bond acceptors (Lipinski definition) is 2. The second-order valence-corrected chi connectivity index (χ2v) is 8.24. The lowest BCUT2D eigenvalue weighted by Gasteiger charge is -2.10. The van der Waals surface area contributed by atoms with Gasteiger partial charge < -0.3 is 5.32 Å². The number of nitrogens with one attached hydrogen (secondary N) is 1. The summed E-state index contributed by atoms with van der Waals surface area (Å²) in [6.07, 6.45) is 1.99. The van der Waals surface area contributed by atoms with Crippen LogP contribution < -0.4 is 5.32 Å². The summed E-state index contributed by atoms with van der Waals surface area (Å²) in [6, 6.07) is 18.0. The molecule has 1 N–H and O–H groups in total. The predicted octanol–water partition coefficient (Wildman–Crippen LogP) is 7.23. The molecule has 130 valence electrons. The van der Waals surface area contributed by atoms with Crippen LogP contribution in [-0.2, 0) is 0 Å². The maximum absolute atomic E-state index is 6.48. The van der Waals surface area contributed by atoms with Crippen molar-refractivity contribution in [2.75, 3.05) is 5.32 Å². The van der Waals surface area contributed by atoms with Crippen LogP contribution in [0.4, 0.5) is 11.5 Å². The molecule has 0 amide bonds. The second kappa shape index (κ2) is 7.06. The standard InChI is InChI=1S/C20H14Br2ClN3/c1-12-2-6-15(7-3-12)24-20-19(16-10-13(21)4-8-17(16)23)25-18-9-5-14(22)11-26(18)20/h2-11,24H,1H3. The zero-order chi connectivity index (χ0) is 18.3. The van der Waals surface area contributed by atoms with Gasteiger partial charge in [-0.25, -0.2) is 4.98 Å². The summed E-state index contributed by atoms with van der Waals surface area (Å²) >= 11 is 13.5. The molecule has 4 aromatic rings. The summed E-state index contributed by atoms with van der Waals surface area (Å²) in [7, 11) is 0. The van der Waals surface area contributed by atoms with Gasteiger partial charge in [-0.3, -0.25) is 4.40 Å². The smallest absolute Gasteiger partial charge is 0.143 e. The van der Waals surface area contributed by atoms with Gasteiger partial charge in [0.25, 0.3) is 0 Å². The number of anilines is 2. The van der Waals surface area contributed by atoms with E-state index in [9.17, 15) is 0 Å². The molecule has 0 unspecified atom stereocenters. The van der Waals surface area contributed by atoms with Crippen LogP contribution >= 0.6 is 43.5 Å². The van der Waals surface area contributed by atoms with E-state index >= 15 is 0 Å². The second-order valence-electron chi connectivity index (χ2n) is 6.00. The molecular formula is C20H14Br2ClN3. The number of aryl methyl sites for hydroxylation is 1. The molecule has 26 heavy (non-hydrogen) atoms. The summed E-state index contributed by atoms with van der Waals surface area (Å²) in [5.41, 5.74) is 4.72. The van der Waals surface area contributed by atoms with Crippen molar-refractivity contribution in [3.05, 3.63) is 80.3 Å². The Morgan fingerprint density at radius 2 is 1.69 bits per heavy atom. The number of imidazole rings is 1. The Hall–Kier alpha value is -1.82. The predicted molar refractivity (Wildman–Crippen MR) is 115 cm³/mol. The van der Waals surface area contributed by atoms with Crippen molar-refractivity contribution in [3.8, 4) is 11.3 Å². The zero-order valence-electron chi connectivity index (χ0n) is 13.8. The first-order valence-corrected chi connectivity index (χ1v) is 9.94. The third-order valence-corrected chi connectivity index (χ3v) is 5.37. The van der Waals surface area contributed by atoms with E-state index in [1.54, 1.807) is 0 Å². The van der Waals surface area contributed by atoms with Crippen LogP contribution in [0, 0.1) is 6.92 Å². The Morgan fingerprint density at radius 3 is 2.46 bits per heavy atom. The Balaban J connectivity index is 1.94. The number of pyridine rings is 1. The molecule has 0 aliphatic heterocycles. The van der Waals surface area contributed by atoms with Crippen LogP contribution in [0.1, 0.15) is 5.56 Å². The van der Waals surface area contributed by atoms with E-state index in [-0.39, 0.29) is 0 Å². The Morgan fingerprint density at radius 1 is 0.962 bits per heavy atom. The molecule has 0 bridgehead atoms. The average Bonchev–Trinajstić information content (AvgIpc) is 2.96. The maximum atomic E-state index is 6.48. The Bertz CT molecular complexity index is 1100. The fourth-order valence-electron chi connectivity index (χ4n) is 2.78. The molecule has 0 spiro atoms.